The molecule has 2 aromatic rings. The Morgan fingerprint density at radius 1 is 1.24 bits per heavy atom. The number of rotatable bonds is 5. The Balaban J connectivity index is 1.60. The molecule has 1 saturated carbocycles. The van der Waals surface area contributed by atoms with Crippen LogP contribution in [0.2, 0.25) is 0 Å². The van der Waals surface area contributed by atoms with Gasteiger partial charge in [-0.2, -0.15) is 0 Å². The summed E-state index contributed by atoms with van der Waals surface area (Å²) in [5, 5.41) is 12.2. The zero-order chi connectivity index (χ0) is 17.4. The zero-order valence-corrected chi connectivity index (χ0v) is 14.9. The van der Waals surface area contributed by atoms with Crippen LogP contribution in [-0.2, 0) is 0 Å². The number of piperidine rings is 1. The van der Waals surface area contributed by atoms with E-state index >= 15 is 0 Å². The molecule has 2 unspecified atom stereocenters. The summed E-state index contributed by atoms with van der Waals surface area (Å²) in [6, 6.07) is 11.9. The van der Waals surface area contributed by atoms with E-state index in [-0.39, 0.29) is 11.7 Å². The summed E-state index contributed by atoms with van der Waals surface area (Å²) in [6.45, 7) is 4.97. The molecule has 3 heteroatoms. The SMILES string of the molecule is CC(O)c1cc(C(=O)C2CCCN(CC3CC3)C2)cc2ccccc12. The van der Waals surface area contributed by atoms with Crippen molar-refractivity contribution >= 4 is 16.6 Å². The molecule has 2 aromatic carbocycles. The van der Waals surface area contributed by atoms with E-state index in [0.717, 1.165) is 53.7 Å². The molecule has 1 heterocycles. The second kappa shape index (κ2) is 6.89. The molecule has 1 saturated heterocycles. The molecular formula is C22H27NO2. The van der Waals surface area contributed by atoms with E-state index in [1.54, 1.807) is 6.92 Å². The summed E-state index contributed by atoms with van der Waals surface area (Å²) in [5.41, 5.74) is 1.61. The van der Waals surface area contributed by atoms with Crippen LogP contribution in [0.1, 0.15) is 54.6 Å². The van der Waals surface area contributed by atoms with E-state index < -0.39 is 6.10 Å². The number of Topliss-reactive ketones (excluding diaryl/α,β-unsaturated/α-hetero) is 1. The second-order valence-corrected chi connectivity index (χ2v) is 7.87. The molecule has 1 N–H and O–H groups in total. The average molecular weight is 337 g/mol. The largest absolute Gasteiger partial charge is 0.389 e. The lowest BCUT2D eigenvalue weighted by Gasteiger charge is -2.32. The molecule has 0 spiro atoms. The first-order valence-electron chi connectivity index (χ1n) is 9.59. The quantitative estimate of drug-likeness (QED) is 0.831. The molecule has 2 aliphatic rings. The topological polar surface area (TPSA) is 40.5 Å². The lowest BCUT2D eigenvalue weighted by Crippen LogP contribution is -2.39. The summed E-state index contributed by atoms with van der Waals surface area (Å²) in [4.78, 5) is 15.6. The van der Waals surface area contributed by atoms with Gasteiger partial charge in [-0.3, -0.25) is 4.79 Å². The summed E-state index contributed by atoms with van der Waals surface area (Å²) in [5.74, 6) is 1.21. The molecule has 3 nitrogen and oxygen atoms in total. The first-order chi connectivity index (χ1) is 12.1. The molecule has 2 atom stereocenters. The van der Waals surface area contributed by atoms with Crippen LogP contribution < -0.4 is 0 Å². The van der Waals surface area contributed by atoms with E-state index in [9.17, 15) is 9.90 Å². The normalized spacial score (nSPS) is 22.9. The van der Waals surface area contributed by atoms with Crippen LogP contribution in [0.3, 0.4) is 0 Å². The van der Waals surface area contributed by atoms with Crippen molar-refractivity contribution < 1.29 is 9.90 Å². The van der Waals surface area contributed by atoms with Gasteiger partial charge in [0.15, 0.2) is 5.78 Å². The van der Waals surface area contributed by atoms with Gasteiger partial charge in [0.2, 0.25) is 0 Å². The molecule has 2 fully saturated rings. The highest BCUT2D eigenvalue weighted by Gasteiger charge is 2.31. The van der Waals surface area contributed by atoms with Gasteiger partial charge in [0.1, 0.15) is 0 Å². The molecule has 1 aliphatic heterocycles. The van der Waals surface area contributed by atoms with Gasteiger partial charge in [-0.05, 0) is 73.5 Å². The maximum absolute atomic E-state index is 13.2. The highest BCUT2D eigenvalue weighted by Crippen LogP contribution is 2.32. The third-order valence-corrected chi connectivity index (χ3v) is 5.72. The zero-order valence-electron chi connectivity index (χ0n) is 14.9. The van der Waals surface area contributed by atoms with E-state index in [1.807, 2.05) is 36.4 Å². The number of ketones is 1. The van der Waals surface area contributed by atoms with E-state index in [2.05, 4.69) is 4.90 Å². The number of carbonyl (C=O) groups is 1. The van der Waals surface area contributed by atoms with Crippen molar-refractivity contribution in [3.8, 4) is 0 Å². The highest BCUT2D eigenvalue weighted by molar-refractivity contribution is 6.02. The van der Waals surface area contributed by atoms with Gasteiger partial charge in [-0.15, -0.1) is 0 Å². The van der Waals surface area contributed by atoms with Crippen molar-refractivity contribution in [2.75, 3.05) is 19.6 Å². The van der Waals surface area contributed by atoms with Gasteiger partial charge in [0.05, 0.1) is 6.10 Å². The third kappa shape index (κ3) is 3.63. The number of hydrogen-bond acceptors (Lipinski definition) is 3. The Labute approximate surface area is 149 Å². The predicted octanol–water partition coefficient (Wildman–Crippen LogP) is 4.20. The van der Waals surface area contributed by atoms with Crippen LogP contribution in [0.15, 0.2) is 36.4 Å². The lowest BCUT2D eigenvalue weighted by molar-refractivity contribution is 0.0814. The highest BCUT2D eigenvalue weighted by atomic mass is 16.3. The van der Waals surface area contributed by atoms with Crippen LogP contribution >= 0.6 is 0 Å². The van der Waals surface area contributed by atoms with Crippen molar-refractivity contribution in [2.24, 2.45) is 11.8 Å². The van der Waals surface area contributed by atoms with E-state index in [1.165, 1.54) is 19.4 Å². The standard InChI is InChI=1S/C22H27NO2/c1-15(24)21-12-19(11-17-5-2-3-7-20(17)21)22(25)18-6-4-10-23(14-18)13-16-8-9-16/h2-3,5,7,11-12,15-16,18,24H,4,6,8-10,13-14H2,1H3. The van der Waals surface area contributed by atoms with Gasteiger partial charge in [-0.1, -0.05) is 24.3 Å². The van der Waals surface area contributed by atoms with Gasteiger partial charge >= 0.3 is 0 Å². The van der Waals surface area contributed by atoms with Crippen molar-refractivity contribution in [3.63, 3.8) is 0 Å². The Kier molecular flexibility index (Phi) is 4.61. The monoisotopic (exact) mass is 337 g/mol. The fraction of sp³-hybridized carbons (Fsp3) is 0.500. The Morgan fingerprint density at radius 2 is 2.04 bits per heavy atom. The fourth-order valence-electron chi connectivity index (χ4n) is 4.16. The molecular weight excluding hydrogens is 310 g/mol. The fourth-order valence-corrected chi connectivity index (χ4v) is 4.16. The minimum Gasteiger partial charge on any atom is -0.389 e. The van der Waals surface area contributed by atoms with Gasteiger partial charge in [0.25, 0.3) is 0 Å². The van der Waals surface area contributed by atoms with Gasteiger partial charge in [0, 0.05) is 24.6 Å². The second-order valence-electron chi connectivity index (χ2n) is 7.87. The molecule has 25 heavy (non-hydrogen) atoms. The minimum atomic E-state index is -0.574. The van der Waals surface area contributed by atoms with Crippen LogP contribution in [-0.4, -0.2) is 35.4 Å². The first kappa shape index (κ1) is 16.7. The van der Waals surface area contributed by atoms with Crippen molar-refractivity contribution in [1.82, 2.24) is 4.90 Å². The smallest absolute Gasteiger partial charge is 0.167 e. The van der Waals surface area contributed by atoms with Crippen molar-refractivity contribution in [2.45, 2.75) is 38.7 Å². The molecule has 0 amide bonds. The summed E-state index contributed by atoms with van der Waals surface area (Å²) in [6.07, 6.45) is 4.24. The number of benzene rings is 2. The number of fused-ring (bicyclic) bond motifs is 1. The minimum absolute atomic E-state index is 0.0931. The predicted molar refractivity (Wildman–Crippen MR) is 101 cm³/mol. The van der Waals surface area contributed by atoms with Gasteiger partial charge < -0.3 is 10.0 Å². The Bertz CT molecular complexity index is 779. The van der Waals surface area contributed by atoms with E-state index in [0.29, 0.717) is 0 Å². The molecule has 132 valence electrons. The maximum Gasteiger partial charge on any atom is 0.167 e. The molecule has 1 aliphatic carbocycles. The number of hydrogen-bond donors (Lipinski definition) is 1. The first-order valence-corrected chi connectivity index (χ1v) is 9.59. The molecule has 4 rings (SSSR count). The molecule has 0 bridgehead atoms. The Morgan fingerprint density at radius 3 is 2.80 bits per heavy atom. The van der Waals surface area contributed by atoms with Crippen LogP contribution in [0.25, 0.3) is 10.8 Å². The number of nitrogens with zero attached hydrogens (tertiary/aromatic N) is 1. The van der Waals surface area contributed by atoms with E-state index in [4.69, 9.17) is 0 Å². The summed E-state index contributed by atoms with van der Waals surface area (Å²) < 4.78 is 0. The van der Waals surface area contributed by atoms with Crippen LogP contribution in [0.4, 0.5) is 0 Å². The number of aliphatic hydroxyl groups excluding tert-OH is 1. The summed E-state index contributed by atoms with van der Waals surface area (Å²) in [7, 11) is 0. The summed E-state index contributed by atoms with van der Waals surface area (Å²) >= 11 is 0. The van der Waals surface area contributed by atoms with Crippen molar-refractivity contribution in [1.29, 1.82) is 0 Å². The number of carbonyl (C=O) groups excluding carboxylic acids is 1. The molecule has 0 radical (unpaired) electrons. The van der Waals surface area contributed by atoms with Gasteiger partial charge in [-0.25, -0.2) is 0 Å². The number of aliphatic hydroxyl groups is 1. The average Bonchev–Trinajstić information content (AvgIpc) is 3.44. The Hall–Kier alpha value is -1.71. The third-order valence-electron chi connectivity index (χ3n) is 5.72. The van der Waals surface area contributed by atoms with Crippen molar-refractivity contribution in [3.05, 3.63) is 47.5 Å². The van der Waals surface area contributed by atoms with Crippen LogP contribution in [0.5, 0.6) is 0 Å². The molecule has 0 aromatic heterocycles. The van der Waals surface area contributed by atoms with Crippen LogP contribution in [0, 0.1) is 11.8 Å². The lowest BCUT2D eigenvalue weighted by atomic mass is 9.87. The number of likely N-dealkylation sites (tertiary alicyclic amines) is 1. The maximum atomic E-state index is 13.2.